The standard InChI is InChI=1S/C9H7ClO3.C4H9.O.Sn/c10-7-3-1-6(2-4-7)8(11)5-9(12)13;1-3-4-2;;/h1-4H,5H2,(H,12,13);1,3-4H2,2H3;;/q;;;+1/p-1. The summed E-state index contributed by atoms with van der Waals surface area (Å²) in [5.41, 5.74) is 0.394. The van der Waals surface area contributed by atoms with Crippen LogP contribution in [0.2, 0.25) is 9.46 Å². The van der Waals surface area contributed by atoms with Crippen molar-refractivity contribution >= 4 is 43.5 Å². The Labute approximate surface area is 124 Å². The quantitative estimate of drug-likeness (QED) is 0.408. The van der Waals surface area contributed by atoms with Crippen LogP contribution in [0.15, 0.2) is 24.3 Å². The molecule has 0 spiro atoms. The SMILES string of the molecule is CCC[CH2][Sn](=[O])[O]C(=O)CC(=O)c1ccc(Cl)cc1. The number of hydrogen-bond donors (Lipinski definition) is 0. The summed E-state index contributed by atoms with van der Waals surface area (Å²) in [7, 11) is 0. The first kappa shape index (κ1) is 16.3. The number of carbonyl (C=O) groups is 2. The first-order valence-electron chi connectivity index (χ1n) is 6.05. The number of Topliss-reactive ketones (excluding diaryl/α,β-unsaturated/α-hetero) is 1. The molecule has 0 aromatic heterocycles. The van der Waals surface area contributed by atoms with Gasteiger partial charge in [0.2, 0.25) is 0 Å². The van der Waals surface area contributed by atoms with E-state index in [1.165, 1.54) is 0 Å². The molecule has 0 radical (unpaired) electrons. The second-order valence-corrected chi connectivity index (χ2v) is 8.63. The summed E-state index contributed by atoms with van der Waals surface area (Å²) in [4.78, 5) is 23.2. The van der Waals surface area contributed by atoms with Gasteiger partial charge in [0, 0.05) is 0 Å². The second kappa shape index (κ2) is 8.43. The molecule has 0 unspecified atom stereocenters. The average molecular weight is 389 g/mol. The van der Waals surface area contributed by atoms with Crippen molar-refractivity contribution in [1.82, 2.24) is 0 Å². The second-order valence-electron chi connectivity index (χ2n) is 4.06. The molecule has 0 atom stereocenters. The molecule has 1 rings (SSSR count). The summed E-state index contributed by atoms with van der Waals surface area (Å²) >= 11 is 2.44. The molecule has 19 heavy (non-hydrogen) atoms. The predicted molar refractivity (Wildman–Crippen MR) is 72.6 cm³/mol. The molecule has 1 aromatic carbocycles. The normalized spacial score (nSPS) is 10.0. The van der Waals surface area contributed by atoms with Gasteiger partial charge in [-0.1, -0.05) is 0 Å². The van der Waals surface area contributed by atoms with Gasteiger partial charge in [-0.25, -0.2) is 0 Å². The van der Waals surface area contributed by atoms with Gasteiger partial charge in [0.25, 0.3) is 0 Å². The van der Waals surface area contributed by atoms with Gasteiger partial charge >= 0.3 is 125 Å². The summed E-state index contributed by atoms with van der Waals surface area (Å²) in [6.07, 6.45) is 1.32. The van der Waals surface area contributed by atoms with E-state index in [9.17, 15) is 12.7 Å². The fourth-order valence-corrected chi connectivity index (χ4v) is 4.59. The molecule has 0 aliphatic carbocycles. The third-order valence-electron chi connectivity index (χ3n) is 2.43. The molecule has 0 aliphatic heterocycles. The van der Waals surface area contributed by atoms with Crippen LogP contribution in [0.5, 0.6) is 0 Å². The molecule has 102 valence electrons. The number of carbonyl (C=O) groups excluding carboxylic acids is 2. The van der Waals surface area contributed by atoms with E-state index in [1.54, 1.807) is 24.3 Å². The Morgan fingerprint density at radius 2 is 1.89 bits per heavy atom. The number of ketones is 1. The van der Waals surface area contributed by atoms with Crippen molar-refractivity contribution < 1.29 is 15.7 Å². The van der Waals surface area contributed by atoms with Crippen LogP contribution in [-0.4, -0.2) is 31.9 Å². The minimum absolute atomic E-state index is 0.353. The van der Waals surface area contributed by atoms with Crippen molar-refractivity contribution in [2.24, 2.45) is 0 Å². The third kappa shape index (κ3) is 6.29. The fraction of sp³-hybridized carbons (Fsp3) is 0.385. The number of halogens is 1. The van der Waals surface area contributed by atoms with E-state index in [0.29, 0.717) is 15.0 Å². The molecule has 0 saturated carbocycles. The zero-order valence-corrected chi connectivity index (χ0v) is 14.3. The molecule has 4 nitrogen and oxygen atoms in total. The molecule has 6 heteroatoms. The number of hydrogen-bond acceptors (Lipinski definition) is 4. The summed E-state index contributed by atoms with van der Waals surface area (Å²) < 4.78 is 16.8. The van der Waals surface area contributed by atoms with Crippen LogP contribution >= 0.6 is 11.6 Å². The van der Waals surface area contributed by atoms with E-state index in [1.807, 2.05) is 6.92 Å². The molecular formula is C13H15ClO4Sn. The van der Waals surface area contributed by atoms with Crippen molar-refractivity contribution in [3.8, 4) is 0 Å². The monoisotopic (exact) mass is 390 g/mol. The molecule has 0 bridgehead atoms. The van der Waals surface area contributed by atoms with E-state index in [-0.39, 0.29) is 12.2 Å². The van der Waals surface area contributed by atoms with Crippen LogP contribution in [0.4, 0.5) is 0 Å². The molecule has 0 N–H and O–H groups in total. The van der Waals surface area contributed by atoms with Gasteiger partial charge in [0.05, 0.1) is 0 Å². The van der Waals surface area contributed by atoms with Crippen molar-refractivity contribution in [2.75, 3.05) is 0 Å². The Balaban J connectivity index is 2.46. The van der Waals surface area contributed by atoms with Gasteiger partial charge in [0.1, 0.15) is 0 Å². The van der Waals surface area contributed by atoms with E-state index in [2.05, 4.69) is 0 Å². The van der Waals surface area contributed by atoms with Crippen LogP contribution in [0.25, 0.3) is 0 Å². The van der Waals surface area contributed by atoms with Gasteiger partial charge in [-0.05, 0) is 0 Å². The summed E-state index contributed by atoms with van der Waals surface area (Å²) in [5.74, 6) is -1.05. The number of unbranched alkanes of at least 4 members (excludes halogenated alkanes) is 1. The minimum atomic E-state index is -3.26. The van der Waals surface area contributed by atoms with E-state index in [0.717, 1.165) is 12.8 Å². The molecule has 0 heterocycles. The van der Waals surface area contributed by atoms with E-state index < -0.39 is 26.1 Å². The van der Waals surface area contributed by atoms with E-state index >= 15 is 0 Å². The Kier molecular flexibility index (Phi) is 7.23. The fourth-order valence-electron chi connectivity index (χ4n) is 1.40. The zero-order valence-electron chi connectivity index (χ0n) is 10.6. The molecule has 0 aliphatic rings. The number of benzene rings is 1. The summed E-state index contributed by atoms with van der Waals surface area (Å²) in [6.45, 7) is 1.97. The van der Waals surface area contributed by atoms with Crippen LogP contribution in [0, 0.1) is 0 Å². The van der Waals surface area contributed by atoms with Crippen LogP contribution in [0.3, 0.4) is 0 Å². The summed E-state index contributed by atoms with van der Waals surface area (Å²) in [6, 6.07) is 6.25. The van der Waals surface area contributed by atoms with Gasteiger partial charge in [0.15, 0.2) is 0 Å². The molecular weight excluding hydrogens is 374 g/mol. The first-order chi connectivity index (χ1) is 9.02. The average Bonchev–Trinajstić information content (AvgIpc) is 2.36. The van der Waals surface area contributed by atoms with E-state index in [4.69, 9.17) is 14.7 Å². The van der Waals surface area contributed by atoms with Crippen molar-refractivity contribution in [3.05, 3.63) is 34.9 Å². The Bertz CT molecular complexity index is 470. The van der Waals surface area contributed by atoms with Gasteiger partial charge in [-0.15, -0.1) is 0 Å². The van der Waals surface area contributed by atoms with Gasteiger partial charge in [-0.2, -0.15) is 0 Å². The Hall–Kier alpha value is -0.751. The molecule has 0 amide bonds. The van der Waals surface area contributed by atoms with Crippen molar-refractivity contribution in [2.45, 2.75) is 30.6 Å². The molecule has 0 saturated heterocycles. The number of rotatable bonds is 7. The Morgan fingerprint density at radius 3 is 2.47 bits per heavy atom. The topological polar surface area (TPSA) is 60.4 Å². The maximum absolute atomic E-state index is 11.7. The Morgan fingerprint density at radius 1 is 1.26 bits per heavy atom. The molecule has 1 aromatic rings. The van der Waals surface area contributed by atoms with Gasteiger partial charge < -0.3 is 0 Å². The zero-order chi connectivity index (χ0) is 14.3. The van der Waals surface area contributed by atoms with Crippen molar-refractivity contribution in [3.63, 3.8) is 0 Å². The molecule has 0 fully saturated rings. The third-order valence-corrected chi connectivity index (χ3v) is 6.16. The van der Waals surface area contributed by atoms with Crippen LogP contribution < -0.4 is 0 Å². The summed E-state index contributed by atoms with van der Waals surface area (Å²) in [5, 5.41) is 0.522. The van der Waals surface area contributed by atoms with Gasteiger partial charge in [-0.3, -0.25) is 0 Å². The van der Waals surface area contributed by atoms with Crippen LogP contribution in [-0.2, 0) is 10.9 Å². The van der Waals surface area contributed by atoms with Crippen molar-refractivity contribution in [1.29, 1.82) is 0 Å². The van der Waals surface area contributed by atoms with Crippen LogP contribution in [0.1, 0.15) is 36.5 Å². The predicted octanol–water partition coefficient (Wildman–Crippen LogP) is 3.17. The maximum atomic E-state index is 11.7. The first-order valence-corrected chi connectivity index (χ1v) is 10.8.